The van der Waals surface area contributed by atoms with Crippen LogP contribution >= 0.6 is 11.6 Å². The smallest absolute Gasteiger partial charge is 0.258 e. The van der Waals surface area contributed by atoms with Crippen LogP contribution in [0, 0.1) is 6.92 Å². The summed E-state index contributed by atoms with van der Waals surface area (Å²) in [5.41, 5.74) is 3.29. The van der Waals surface area contributed by atoms with E-state index in [1.54, 1.807) is 18.3 Å². The Morgan fingerprint density at radius 3 is 2.70 bits per heavy atom. The van der Waals surface area contributed by atoms with Gasteiger partial charge in [0, 0.05) is 31.7 Å². The van der Waals surface area contributed by atoms with Gasteiger partial charge >= 0.3 is 0 Å². The molecular weight excluding hydrogens is 274 g/mol. The Hall–Kier alpha value is -2.07. The first-order chi connectivity index (χ1) is 9.49. The maximum absolute atomic E-state index is 12.2. The van der Waals surface area contributed by atoms with E-state index in [1.807, 2.05) is 44.1 Å². The molecule has 1 aromatic carbocycles. The maximum Gasteiger partial charge on any atom is 0.258 e. The molecule has 20 heavy (non-hydrogen) atoms. The molecule has 1 amide bonds. The van der Waals surface area contributed by atoms with E-state index in [2.05, 4.69) is 10.3 Å². The first kappa shape index (κ1) is 14.3. The first-order valence-electron chi connectivity index (χ1n) is 6.19. The predicted octanol–water partition coefficient (Wildman–Crippen LogP) is 3.36. The number of carbonyl (C=O) groups excluding carboxylic acids is 1. The summed E-state index contributed by atoms with van der Waals surface area (Å²) in [6.45, 7) is 2.03. The van der Waals surface area contributed by atoms with Crippen LogP contribution in [0.1, 0.15) is 15.9 Å². The molecule has 0 saturated carbocycles. The van der Waals surface area contributed by atoms with E-state index in [4.69, 9.17) is 11.6 Å². The van der Waals surface area contributed by atoms with Crippen molar-refractivity contribution in [3.05, 3.63) is 52.8 Å². The second kappa shape index (κ2) is 5.92. The molecule has 0 saturated heterocycles. The summed E-state index contributed by atoms with van der Waals surface area (Å²) in [7, 11) is 3.93. The molecule has 2 aromatic rings. The number of halogens is 1. The number of carbonyl (C=O) groups is 1. The normalized spacial score (nSPS) is 10.2. The fraction of sp³-hybridized carbons (Fsp3) is 0.200. The fourth-order valence-electron chi connectivity index (χ4n) is 1.92. The minimum Gasteiger partial charge on any atom is -0.377 e. The summed E-state index contributed by atoms with van der Waals surface area (Å²) in [6.07, 6.45) is 1.55. The number of aryl methyl sites for hydroxylation is 1. The minimum atomic E-state index is -0.267. The second-order valence-electron chi connectivity index (χ2n) is 4.69. The van der Waals surface area contributed by atoms with E-state index in [0.717, 1.165) is 16.9 Å². The largest absolute Gasteiger partial charge is 0.377 e. The summed E-state index contributed by atoms with van der Waals surface area (Å²) >= 11 is 5.91. The topological polar surface area (TPSA) is 45.2 Å². The van der Waals surface area contributed by atoms with Gasteiger partial charge in [-0.25, -0.2) is 4.98 Å². The van der Waals surface area contributed by atoms with Crippen molar-refractivity contribution in [2.75, 3.05) is 24.3 Å². The van der Waals surface area contributed by atoms with Crippen molar-refractivity contribution in [1.29, 1.82) is 0 Å². The molecule has 1 aromatic heterocycles. The van der Waals surface area contributed by atoms with Crippen LogP contribution in [0.4, 0.5) is 11.4 Å². The van der Waals surface area contributed by atoms with Crippen molar-refractivity contribution >= 4 is 28.9 Å². The van der Waals surface area contributed by atoms with E-state index in [1.165, 1.54) is 0 Å². The lowest BCUT2D eigenvalue weighted by Gasteiger charge is -2.17. The van der Waals surface area contributed by atoms with E-state index in [9.17, 15) is 4.79 Å². The molecule has 0 aliphatic heterocycles. The third-order valence-electron chi connectivity index (χ3n) is 2.95. The van der Waals surface area contributed by atoms with Gasteiger partial charge in [0.05, 0.1) is 5.56 Å². The number of nitrogens with zero attached hydrogens (tertiary/aromatic N) is 2. The van der Waals surface area contributed by atoms with Crippen molar-refractivity contribution in [2.24, 2.45) is 0 Å². The van der Waals surface area contributed by atoms with Crippen molar-refractivity contribution in [3.63, 3.8) is 0 Å². The molecule has 0 aliphatic rings. The van der Waals surface area contributed by atoms with E-state index in [-0.39, 0.29) is 11.1 Å². The number of hydrogen-bond donors (Lipinski definition) is 1. The highest BCUT2D eigenvalue weighted by Crippen LogP contribution is 2.23. The van der Waals surface area contributed by atoms with Crippen molar-refractivity contribution < 1.29 is 4.79 Å². The average Bonchev–Trinajstić information content (AvgIpc) is 2.41. The molecule has 0 fully saturated rings. The average molecular weight is 290 g/mol. The molecule has 0 atom stereocenters. The fourth-order valence-corrected chi connectivity index (χ4v) is 2.13. The van der Waals surface area contributed by atoms with E-state index >= 15 is 0 Å². The van der Waals surface area contributed by atoms with Gasteiger partial charge in [0.1, 0.15) is 5.15 Å². The van der Waals surface area contributed by atoms with Crippen molar-refractivity contribution in [2.45, 2.75) is 6.92 Å². The van der Waals surface area contributed by atoms with Crippen LogP contribution < -0.4 is 10.2 Å². The molecule has 4 nitrogen and oxygen atoms in total. The Kier molecular flexibility index (Phi) is 4.25. The van der Waals surface area contributed by atoms with Crippen LogP contribution in [-0.2, 0) is 0 Å². The van der Waals surface area contributed by atoms with Gasteiger partial charge in [-0.1, -0.05) is 17.7 Å². The van der Waals surface area contributed by atoms with Gasteiger partial charge in [0.25, 0.3) is 5.91 Å². The zero-order valence-electron chi connectivity index (χ0n) is 11.6. The third kappa shape index (κ3) is 3.08. The van der Waals surface area contributed by atoms with Crippen LogP contribution in [0.5, 0.6) is 0 Å². The lowest BCUT2D eigenvalue weighted by Crippen LogP contribution is -2.14. The zero-order chi connectivity index (χ0) is 14.7. The molecule has 5 heteroatoms. The molecule has 0 aliphatic carbocycles. The number of hydrogen-bond acceptors (Lipinski definition) is 3. The number of pyridine rings is 1. The standard InChI is InChI=1S/C15H16ClN3O/c1-10-6-7-11(9-13(10)19(2)3)18-15(20)12-5-4-8-17-14(12)16/h4-9H,1-3H3,(H,18,20). The van der Waals surface area contributed by atoms with Gasteiger partial charge in [-0.15, -0.1) is 0 Å². The van der Waals surface area contributed by atoms with E-state index < -0.39 is 0 Å². The molecule has 104 valence electrons. The van der Waals surface area contributed by atoms with Crippen molar-refractivity contribution in [1.82, 2.24) is 4.98 Å². The van der Waals surface area contributed by atoms with Gasteiger partial charge in [-0.2, -0.15) is 0 Å². The molecule has 0 radical (unpaired) electrons. The molecule has 2 rings (SSSR count). The summed E-state index contributed by atoms with van der Waals surface area (Å²) < 4.78 is 0. The number of amides is 1. The highest BCUT2D eigenvalue weighted by atomic mass is 35.5. The molecule has 0 unspecified atom stereocenters. The molecule has 1 N–H and O–H groups in total. The van der Waals surface area contributed by atoms with Crippen LogP contribution in [-0.4, -0.2) is 25.0 Å². The Bertz CT molecular complexity index is 641. The van der Waals surface area contributed by atoms with E-state index in [0.29, 0.717) is 5.56 Å². The number of aromatic nitrogens is 1. The molecule has 0 spiro atoms. The SMILES string of the molecule is Cc1ccc(NC(=O)c2cccnc2Cl)cc1N(C)C. The van der Waals surface area contributed by atoms with Crippen LogP contribution in [0.25, 0.3) is 0 Å². The predicted molar refractivity (Wildman–Crippen MR) is 82.7 cm³/mol. The molecule has 0 bridgehead atoms. The van der Waals surface area contributed by atoms with Crippen molar-refractivity contribution in [3.8, 4) is 0 Å². The monoisotopic (exact) mass is 289 g/mol. The van der Waals surface area contributed by atoms with Gasteiger partial charge < -0.3 is 10.2 Å². The van der Waals surface area contributed by atoms with Crippen LogP contribution in [0.15, 0.2) is 36.5 Å². The lowest BCUT2D eigenvalue weighted by molar-refractivity contribution is 0.102. The minimum absolute atomic E-state index is 0.199. The highest BCUT2D eigenvalue weighted by molar-refractivity contribution is 6.33. The van der Waals surface area contributed by atoms with Gasteiger partial charge in [-0.05, 0) is 36.8 Å². The zero-order valence-corrected chi connectivity index (χ0v) is 12.4. The van der Waals surface area contributed by atoms with Crippen LogP contribution in [0.3, 0.4) is 0 Å². The Labute approximate surface area is 123 Å². The number of anilines is 2. The summed E-state index contributed by atoms with van der Waals surface area (Å²) in [6, 6.07) is 9.09. The number of nitrogens with one attached hydrogen (secondary N) is 1. The number of benzene rings is 1. The second-order valence-corrected chi connectivity index (χ2v) is 5.05. The third-order valence-corrected chi connectivity index (χ3v) is 3.25. The summed E-state index contributed by atoms with van der Waals surface area (Å²) in [5, 5.41) is 3.03. The molecular formula is C15H16ClN3O. The maximum atomic E-state index is 12.2. The van der Waals surface area contributed by atoms with Gasteiger partial charge in [0.15, 0.2) is 0 Å². The Morgan fingerprint density at radius 2 is 2.05 bits per heavy atom. The summed E-state index contributed by atoms with van der Waals surface area (Å²) in [5.74, 6) is -0.267. The number of rotatable bonds is 3. The van der Waals surface area contributed by atoms with Crippen LogP contribution in [0.2, 0.25) is 5.15 Å². The lowest BCUT2D eigenvalue weighted by atomic mass is 10.1. The highest BCUT2D eigenvalue weighted by Gasteiger charge is 2.11. The molecule has 1 heterocycles. The quantitative estimate of drug-likeness (QED) is 0.881. The first-order valence-corrected chi connectivity index (χ1v) is 6.56. The Morgan fingerprint density at radius 1 is 1.30 bits per heavy atom. The van der Waals surface area contributed by atoms with Gasteiger partial charge in [0.2, 0.25) is 0 Å². The Balaban J connectivity index is 2.25. The van der Waals surface area contributed by atoms with Gasteiger partial charge in [-0.3, -0.25) is 4.79 Å². The summed E-state index contributed by atoms with van der Waals surface area (Å²) in [4.78, 5) is 18.1.